The van der Waals surface area contributed by atoms with Crippen molar-refractivity contribution in [2.24, 2.45) is 5.73 Å². The van der Waals surface area contributed by atoms with Gasteiger partial charge in [-0.3, -0.25) is 4.79 Å². The third kappa shape index (κ3) is 9.69. The van der Waals surface area contributed by atoms with E-state index in [1.165, 1.54) is 0 Å². The van der Waals surface area contributed by atoms with E-state index in [1.54, 1.807) is 0 Å². The van der Waals surface area contributed by atoms with Crippen LogP contribution in [0.4, 0.5) is 0 Å². The highest BCUT2D eigenvalue weighted by Gasteiger charge is 2.21. The smallest absolute Gasteiger partial charge is 0.308 e. The summed E-state index contributed by atoms with van der Waals surface area (Å²) in [5.74, 6) is -0.219. The number of esters is 1. The molecule has 0 heterocycles. The van der Waals surface area contributed by atoms with Gasteiger partial charge in [0.2, 0.25) is 0 Å². The third-order valence-corrected chi connectivity index (χ3v) is 1.63. The van der Waals surface area contributed by atoms with Crippen molar-refractivity contribution in [1.82, 2.24) is 0 Å². The minimum atomic E-state index is -0.423. The van der Waals surface area contributed by atoms with Gasteiger partial charge < -0.3 is 15.0 Å². The Morgan fingerprint density at radius 3 is 2.13 bits per heavy atom. The molecule has 4 heteroatoms. The summed E-state index contributed by atoms with van der Waals surface area (Å²) < 4.78 is 5.95. The number of rotatable bonds is 4. The number of hydrogen-bond acceptors (Lipinski definition) is 3. The molecule has 0 spiro atoms. The minimum absolute atomic E-state index is 0.139. The number of quaternary nitrogens is 1. The molecule has 2 N–H and O–H groups in total. The van der Waals surface area contributed by atoms with Crippen LogP contribution in [0.25, 0.3) is 0 Å². The Morgan fingerprint density at radius 1 is 1.33 bits per heavy atom. The molecule has 0 fully saturated rings. The lowest BCUT2D eigenvalue weighted by Crippen LogP contribution is -2.46. The van der Waals surface area contributed by atoms with Crippen molar-refractivity contribution in [2.45, 2.75) is 38.8 Å². The van der Waals surface area contributed by atoms with Crippen molar-refractivity contribution < 1.29 is 14.0 Å². The molecule has 0 aliphatic carbocycles. The molecule has 0 aromatic rings. The first kappa shape index (κ1) is 14.4. The predicted molar refractivity (Wildman–Crippen MR) is 61.3 cm³/mol. The van der Waals surface area contributed by atoms with E-state index in [-0.39, 0.29) is 18.4 Å². The lowest BCUT2D eigenvalue weighted by molar-refractivity contribution is -0.871. The average Bonchev–Trinajstić information content (AvgIpc) is 1.73. The molecular weight excluding hydrogens is 192 g/mol. The zero-order chi connectivity index (χ0) is 12.3. The number of carbonyl (C=O) groups excluding carboxylic acids is 1. The van der Waals surface area contributed by atoms with Crippen molar-refractivity contribution in [3.63, 3.8) is 0 Å². The van der Waals surface area contributed by atoms with Gasteiger partial charge in [-0.1, -0.05) is 0 Å². The lowest BCUT2D eigenvalue weighted by atomic mass is 10.1. The van der Waals surface area contributed by atoms with E-state index in [0.717, 1.165) is 11.0 Å². The maximum atomic E-state index is 11.4. The Morgan fingerprint density at radius 2 is 1.80 bits per heavy atom. The maximum absolute atomic E-state index is 11.4. The second-order valence-corrected chi connectivity index (χ2v) is 6.02. The molecule has 0 aromatic heterocycles. The third-order valence-electron chi connectivity index (χ3n) is 1.63. The van der Waals surface area contributed by atoms with Crippen LogP contribution in [0, 0.1) is 0 Å². The van der Waals surface area contributed by atoms with Crippen molar-refractivity contribution in [3.05, 3.63) is 0 Å². The van der Waals surface area contributed by atoms with Crippen LogP contribution in [0.3, 0.4) is 0 Å². The van der Waals surface area contributed by atoms with Gasteiger partial charge in [0.1, 0.15) is 5.60 Å². The second kappa shape index (κ2) is 4.94. The summed E-state index contributed by atoms with van der Waals surface area (Å²) in [7, 11) is 6.15. The zero-order valence-corrected chi connectivity index (χ0v) is 10.8. The van der Waals surface area contributed by atoms with E-state index >= 15 is 0 Å². The molecule has 1 atom stereocenters. The number of hydrogen-bond donors (Lipinski definition) is 1. The standard InChI is InChI=1S/C11H25N2O2/c1-11(2,3)15-10(14)7-9(12)8-13(4,5)6/h9H,7-8,12H2,1-6H3/q+1. The quantitative estimate of drug-likeness (QED) is 0.558. The molecule has 0 aromatic carbocycles. The van der Waals surface area contributed by atoms with Gasteiger partial charge in [-0.25, -0.2) is 0 Å². The largest absolute Gasteiger partial charge is 0.460 e. The molecule has 0 bridgehead atoms. The lowest BCUT2D eigenvalue weighted by Gasteiger charge is -2.27. The molecule has 0 rings (SSSR count). The van der Waals surface area contributed by atoms with Crippen LogP contribution >= 0.6 is 0 Å². The normalized spacial score (nSPS) is 14.9. The molecule has 0 saturated carbocycles. The van der Waals surface area contributed by atoms with Gasteiger partial charge in [0.15, 0.2) is 0 Å². The highest BCUT2D eigenvalue weighted by Crippen LogP contribution is 2.09. The van der Waals surface area contributed by atoms with Crippen LogP contribution in [0.1, 0.15) is 27.2 Å². The molecule has 0 saturated heterocycles. The summed E-state index contributed by atoms with van der Waals surface area (Å²) in [6.45, 7) is 6.34. The first-order valence-corrected chi connectivity index (χ1v) is 5.27. The Bertz CT molecular complexity index is 214. The number of nitrogens with two attached hydrogens (primary N) is 1. The molecule has 0 aliphatic rings. The monoisotopic (exact) mass is 217 g/mol. The molecule has 0 amide bonds. The fourth-order valence-corrected chi connectivity index (χ4v) is 1.37. The Labute approximate surface area is 93.0 Å². The van der Waals surface area contributed by atoms with Gasteiger partial charge in [-0.2, -0.15) is 0 Å². The van der Waals surface area contributed by atoms with Crippen LogP contribution in [0.2, 0.25) is 0 Å². The second-order valence-electron chi connectivity index (χ2n) is 6.02. The fraction of sp³-hybridized carbons (Fsp3) is 0.909. The molecule has 4 nitrogen and oxygen atoms in total. The van der Waals surface area contributed by atoms with Gasteiger partial charge in [-0.15, -0.1) is 0 Å². The van der Waals surface area contributed by atoms with Gasteiger partial charge >= 0.3 is 5.97 Å². The highest BCUT2D eigenvalue weighted by atomic mass is 16.6. The first-order valence-electron chi connectivity index (χ1n) is 5.27. The van der Waals surface area contributed by atoms with Gasteiger partial charge in [0.05, 0.1) is 40.2 Å². The SMILES string of the molecule is CC(C)(C)OC(=O)CC(N)C[N+](C)(C)C. The van der Waals surface area contributed by atoms with E-state index in [2.05, 4.69) is 21.1 Å². The molecule has 1 unspecified atom stereocenters. The Balaban J connectivity index is 3.98. The minimum Gasteiger partial charge on any atom is -0.460 e. The van der Waals surface area contributed by atoms with Crippen molar-refractivity contribution in [3.8, 4) is 0 Å². The van der Waals surface area contributed by atoms with Gasteiger partial charge in [0, 0.05) is 0 Å². The van der Waals surface area contributed by atoms with Gasteiger partial charge in [-0.05, 0) is 20.8 Å². The van der Waals surface area contributed by atoms with E-state index < -0.39 is 5.60 Å². The van der Waals surface area contributed by atoms with Crippen molar-refractivity contribution in [1.29, 1.82) is 0 Å². The summed E-state index contributed by atoms with van der Waals surface area (Å²) in [4.78, 5) is 11.4. The van der Waals surface area contributed by atoms with E-state index in [1.807, 2.05) is 20.8 Å². The molecular formula is C11H25N2O2+. The van der Waals surface area contributed by atoms with Gasteiger partial charge in [0.25, 0.3) is 0 Å². The molecule has 15 heavy (non-hydrogen) atoms. The Kier molecular flexibility index (Phi) is 4.74. The molecule has 90 valence electrons. The van der Waals surface area contributed by atoms with Crippen LogP contribution in [0.15, 0.2) is 0 Å². The van der Waals surface area contributed by atoms with Crippen LogP contribution in [0.5, 0.6) is 0 Å². The Hall–Kier alpha value is -0.610. The summed E-state index contributed by atoms with van der Waals surface area (Å²) in [6, 6.07) is -0.139. The van der Waals surface area contributed by atoms with Crippen LogP contribution in [-0.2, 0) is 9.53 Å². The summed E-state index contributed by atoms with van der Waals surface area (Å²) in [5, 5.41) is 0. The predicted octanol–water partition coefficient (Wildman–Crippen LogP) is 0.752. The number of ether oxygens (including phenoxy) is 1. The number of likely N-dealkylation sites (N-methyl/N-ethyl adjacent to an activating group) is 1. The summed E-state index contributed by atoms with van der Waals surface area (Å²) in [6.07, 6.45) is 0.285. The van der Waals surface area contributed by atoms with Crippen molar-refractivity contribution >= 4 is 5.97 Å². The first-order chi connectivity index (χ1) is 6.49. The average molecular weight is 217 g/mol. The maximum Gasteiger partial charge on any atom is 0.308 e. The van der Waals surface area contributed by atoms with Crippen LogP contribution < -0.4 is 5.73 Å². The summed E-state index contributed by atoms with van der Waals surface area (Å²) >= 11 is 0. The molecule has 0 radical (unpaired) electrons. The fourth-order valence-electron chi connectivity index (χ4n) is 1.37. The number of carbonyl (C=O) groups is 1. The van der Waals surface area contributed by atoms with E-state index in [4.69, 9.17) is 10.5 Å². The van der Waals surface area contributed by atoms with E-state index in [9.17, 15) is 4.79 Å². The highest BCUT2D eigenvalue weighted by molar-refractivity contribution is 5.70. The molecule has 0 aliphatic heterocycles. The summed E-state index contributed by atoms with van der Waals surface area (Å²) in [5.41, 5.74) is 5.44. The topological polar surface area (TPSA) is 52.3 Å². The number of nitrogens with zero attached hydrogens (tertiary/aromatic N) is 1. The van der Waals surface area contributed by atoms with Crippen LogP contribution in [-0.4, -0.2) is 49.8 Å². The zero-order valence-electron chi connectivity index (χ0n) is 10.8. The van der Waals surface area contributed by atoms with E-state index in [0.29, 0.717) is 0 Å². The van der Waals surface area contributed by atoms with Crippen molar-refractivity contribution in [2.75, 3.05) is 27.7 Å².